The van der Waals surface area contributed by atoms with Crippen molar-refractivity contribution in [2.24, 2.45) is 0 Å². The Morgan fingerprint density at radius 3 is 2.85 bits per heavy atom. The number of pyridine rings is 1. The highest BCUT2D eigenvalue weighted by Crippen LogP contribution is 2.23. The Bertz CT molecular complexity index is 968. The highest BCUT2D eigenvalue weighted by Gasteiger charge is 2.24. The fraction of sp³-hybridized carbons (Fsp3) is 0.316. The van der Waals surface area contributed by atoms with Crippen molar-refractivity contribution in [1.29, 1.82) is 0 Å². The van der Waals surface area contributed by atoms with Gasteiger partial charge in [-0.15, -0.1) is 0 Å². The van der Waals surface area contributed by atoms with E-state index < -0.39 is 11.7 Å². The Hall–Kier alpha value is -3.00. The zero-order valence-corrected chi connectivity index (χ0v) is 15.2. The van der Waals surface area contributed by atoms with Gasteiger partial charge in [0.25, 0.3) is 5.91 Å². The normalized spacial score (nSPS) is 17.0. The van der Waals surface area contributed by atoms with Gasteiger partial charge in [0, 0.05) is 19.1 Å². The van der Waals surface area contributed by atoms with Crippen LogP contribution in [0.1, 0.15) is 16.8 Å². The number of aromatic amines is 1. The number of halogens is 1. The van der Waals surface area contributed by atoms with Crippen molar-refractivity contribution in [3.05, 3.63) is 48.2 Å². The predicted octanol–water partition coefficient (Wildman–Crippen LogP) is 2.49. The van der Waals surface area contributed by atoms with E-state index in [1.807, 2.05) is 6.07 Å². The van der Waals surface area contributed by atoms with E-state index in [1.54, 1.807) is 18.3 Å². The zero-order chi connectivity index (χ0) is 19.0. The molecule has 8 heteroatoms. The minimum Gasteiger partial charge on any atom is -0.369 e. The molecule has 2 aromatic heterocycles. The van der Waals surface area contributed by atoms with E-state index >= 15 is 0 Å². The Balaban J connectivity index is 1.46. The Morgan fingerprint density at radius 2 is 2.15 bits per heavy atom. The second-order valence-electron chi connectivity index (χ2n) is 6.93. The van der Waals surface area contributed by atoms with E-state index in [1.165, 1.54) is 12.4 Å². The maximum atomic E-state index is 14.5. The molecule has 0 bridgehead atoms. The summed E-state index contributed by atoms with van der Waals surface area (Å²) < 4.78 is 14.5. The third kappa shape index (κ3) is 3.35. The second-order valence-corrected chi connectivity index (χ2v) is 6.93. The first-order valence-electron chi connectivity index (χ1n) is 8.83. The number of rotatable bonds is 4. The van der Waals surface area contributed by atoms with Crippen LogP contribution in [0.25, 0.3) is 11.0 Å². The number of nitrogens with zero attached hydrogens (tertiary/aromatic N) is 4. The first-order chi connectivity index (χ1) is 13.0. The summed E-state index contributed by atoms with van der Waals surface area (Å²) >= 11 is 0. The third-order valence-electron chi connectivity index (χ3n) is 5.02. The summed E-state index contributed by atoms with van der Waals surface area (Å²) in [7, 11) is 4.18. The molecular formula is C19H21FN6O. The van der Waals surface area contributed by atoms with Gasteiger partial charge >= 0.3 is 0 Å². The molecule has 1 amide bonds. The number of imidazole rings is 1. The van der Waals surface area contributed by atoms with Crippen LogP contribution in [0, 0.1) is 5.82 Å². The van der Waals surface area contributed by atoms with Gasteiger partial charge in [-0.3, -0.25) is 4.79 Å². The molecular weight excluding hydrogens is 347 g/mol. The standard InChI is InChI=1S/C19H21FN6O/c1-25(2)13-7-8-26(10-13)12-3-6-16(21-9-12)24-19(27)14-4-5-15-18(17(14)20)23-11-22-15/h3-6,9,11,13H,7-8,10H2,1-2H3,(H,22,23)(H,21,24,27). The van der Waals surface area contributed by atoms with Crippen molar-refractivity contribution in [2.45, 2.75) is 12.5 Å². The molecule has 3 heterocycles. The number of carbonyl (C=O) groups excluding carboxylic acids is 1. The van der Waals surface area contributed by atoms with Gasteiger partial charge < -0.3 is 20.1 Å². The number of amides is 1. The highest BCUT2D eigenvalue weighted by atomic mass is 19.1. The van der Waals surface area contributed by atoms with Gasteiger partial charge in [-0.1, -0.05) is 0 Å². The summed E-state index contributed by atoms with van der Waals surface area (Å²) in [4.78, 5) is 27.9. The lowest BCUT2D eigenvalue weighted by molar-refractivity contribution is 0.102. The van der Waals surface area contributed by atoms with E-state index in [9.17, 15) is 9.18 Å². The molecule has 0 spiro atoms. The van der Waals surface area contributed by atoms with Crippen molar-refractivity contribution in [1.82, 2.24) is 19.9 Å². The monoisotopic (exact) mass is 368 g/mol. The maximum absolute atomic E-state index is 14.5. The molecule has 140 valence electrons. The lowest BCUT2D eigenvalue weighted by Gasteiger charge is -2.21. The fourth-order valence-electron chi connectivity index (χ4n) is 3.38. The number of anilines is 2. The zero-order valence-electron chi connectivity index (χ0n) is 15.2. The van der Waals surface area contributed by atoms with E-state index in [-0.39, 0.29) is 11.1 Å². The lowest BCUT2D eigenvalue weighted by atomic mass is 10.1. The summed E-state index contributed by atoms with van der Waals surface area (Å²) in [5.41, 5.74) is 1.65. The number of aromatic nitrogens is 3. The average molecular weight is 368 g/mol. The van der Waals surface area contributed by atoms with Crippen LogP contribution in [0.2, 0.25) is 0 Å². The smallest absolute Gasteiger partial charge is 0.259 e. The minimum atomic E-state index is -0.644. The summed E-state index contributed by atoms with van der Waals surface area (Å²) in [6.45, 7) is 1.93. The van der Waals surface area contributed by atoms with Gasteiger partial charge in [-0.25, -0.2) is 14.4 Å². The van der Waals surface area contributed by atoms with Gasteiger partial charge in [0.1, 0.15) is 11.3 Å². The van der Waals surface area contributed by atoms with Crippen LogP contribution in [0.3, 0.4) is 0 Å². The number of hydrogen-bond donors (Lipinski definition) is 2. The first kappa shape index (κ1) is 17.4. The van der Waals surface area contributed by atoms with Crippen molar-refractivity contribution in [2.75, 3.05) is 37.4 Å². The number of likely N-dealkylation sites (N-methyl/N-ethyl adjacent to an activating group) is 1. The number of hydrogen-bond acceptors (Lipinski definition) is 5. The Morgan fingerprint density at radius 1 is 1.30 bits per heavy atom. The quantitative estimate of drug-likeness (QED) is 0.740. The molecule has 2 N–H and O–H groups in total. The number of carbonyl (C=O) groups is 1. The topological polar surface area (TPSA) is 77.1 Å². The third-order valence-corrected chi connectivity index (χ3v) is 5.02. The largest absolute Gasteiger partial charge is 0.369 e. The van der Waals surface area contributed by atoms with Crippen LogP contribution in [0.15, 0.2) is 36.8 Å². The van der Waals surface area contributed by atoms with Gasteiger partial charge in [0.2, 0.25) is 0 Å². The summed E-state index contributed by atoms with van der Waals surface area (Å²) in [6.07, 6.45) is 4.25. The van der Waals surface area contributed by atoms with Crippen LogP contribution in [-0.2, 0) is 0 Å². The van der Waals surface area contributed by atoms with E-state index in [0.717, 1.165) is 25.2 Å². The minimum absolute atomic E-state index is 0.0613. The molecule has 0 aliphatic carbocycles. The Kier molecular flexibility index (Phi) is 4.49. The average Bonchev–Trinajstić information content (AvgIpc) is 3.32. The van der Waals surface area contributed by atoms with Crippen LogP contribution in [0.5, 0.6) is 0 Å². The molecule has 4 rings (SSSR count). The number of H-pyrrole nitrogens is 1. The van der Waals surface area contributed by atoms with E-state index in [0.29, 0.717) is 17.4 Å². The molecule has 1 unspecified atom stereocenters. The van der Waals surface area contributed by atoms with Gasteiger partial charge in [0.05, 0.1) is 29.3 Å². The molecule has 3 aromatic rings. The van der Waals surface area contributed by atoms with Crippen LogP contribution in [-0.4, -0.2) is 59.0 Å². The van der Waals surface area contributed by atoms with Gasteiger partial charge in [0.15, 0.2) is 5.82 Å². The van der Waals surface area contributed by atoms with Crippen molar-refractivity contribution in [3.8, 4) is 0 Å². The number of benzene rings is 1. The molecule has 1 aromatic carbocycles. The molecule has 0 radical (unpaired) electrons. The van der Waals surface area contributed by atoms with E-state index in [2.05, 4.69) is 44.2 Å². The van der Waals surface area contributed by atoms with Crippen molar-refractivity contribution in [3.63, 3.8) is 0 Å². The summed E-state index contributed by atoms with van der Waals surface area (Å²) in [5, 5.41) is 2.65. The van der Waals surface area contributed by atoms with E-state index in [4.69, 9.17) is 0 Å². The number of fused-ring (bicyclic) bond motifs is 1. The molecule has 0 saturated carbocycles. The SMILES string of the molecule is CN(C)C1CCN(c2ccc(NC(=O)c3ccc4[nH]cnc4c3F)nc2)C1. The van der Waals surface area contributed by atoms with Crippen molar-refractivity contribution < 1.29 is 9.18 Å². The lowest BCUT2D eigenvalue weighted by Crippen LogP contribution is -2.31. The highest BCUT2D eigenvalue weighted by molar-refractivity contribution is 6.05. The van der Waals surface area contributed by atoms with Crippen molar-refractivity contribution >= 4 is 28.4 Å². The van der Waals surface area contributed by atoms with Gasteiger partial charge in [-0.2, -0.15) is 0 Å². The second kappa shape index (κ2) is 6.96. The maximum Gasteiger partial charge on any atom is 0.259 e. The Labute approximate surface area is 156 Å². The van der Waals surface area contributed by atoms with Crippen LogP contribution >= 0.6 is 0 Å². The van der Waals surface area contributed by atoms with Crippen LogP contribution in [0.4, 0.5) is 15.9 Å². The molecule has 1 aliphatic heterocycles. The fourth-order valence-corrected chi connectivity index (χ4v) is 3.38. The van der Waals surface area contributed by atoms with Gasteiger partial charge in [-0.05, 0) is 44.8 Å². The molecule has 1 fully saturated rings. The molecule has 7 nitrogen and oxygen atoms in total. The predicted molar refractivity (Wildman–Crippen MR) is 103 cm³/mol. The number of nitrogens with one attached hydrogen (secondary N) is 2. The molecule has 27 heavy (non-hydrogen) atoms. The molecule has 1 atom stereocenters. The first-order valence-corrected chi connectivity index (χ1v) is 8.83. The summed E-state index contributed by atoms with van der Waals surface area (Å²) in [6, 6.07) is 7.26. The molecule has 1 aliphatic rings. The van der Waals surface area contributed by atoms with Crippen LogP contribution < -0.4 is 10.2 Å². The summed E-state index contributed by atoms with van der Waals surface area (Å²) in [5.74, 6) is -0.810. The molecule has 1 saturated heterocycles.